The van der Waals surface area contributed by atoms with Gasteiger partial charge in [0.25, 0.3) is 0 Å². The van der Waals surface area contributed by atoms with Gasteiger partial charge in [0.15, 0.2) is 0 Å². The van der Waals surface area contributed by atoms with Crippen molar-refractivity contribution in [1.82, 2.24) is 0 Å². The lowest BCUT2D eigenvalue weighted by atomic mass is 10.1. The Bertz CT molecular complexity index is 685. The molecule has 21 heavy (non-hydrogen) atoms. The van der Waals surface area contributed by atoms with E-state index in [2.05, 4.69) is 39.4 Å². The Balaban J connectivity index is 1.89. The maximum Gasteiger partial charge on any atom is 0.0702 e. The van der Waals surface area contributed by atoms with Gasteiger partial charge in [-0.2, -0.15) is 5.10 Å². The lowest BCUT2D eigenvalue weighted by molar-refractivity contribution is 0.988. The Morgan fingerprint density at radius 3 is 2.76 bits per heavy atom. The van der Waals surface area contributed by atoms with Crippen LogP contribution in [0.2, 0.25) is 5.02 Å². The number of nitrogens with zero attached hydrogens (tertiary/aromatic N) is 1. The molecule has 1 N–H and O–H groups in total. The summed E-state index contributed by atoms with van der Waals surface area (Å²) in [6.07, 6.45) is 0.932. The molecule has 0 saturated carbocycles. The lowest BCUT2D eigenvalue weighted by Gasteiger charge is -2.22. The predicted molar refractivity (Wildman–Crippen MR) is 95.7 cm³/mol. The fourth-order valence-electron chi connectivity index (χ4n) is 2.23. The Labute approximate surface area is 142 Å². The molecular weight excluding hydrogens is 368 g/mol. The van der Waals surface area contributed by atoms with E-state index < -0.39 is 0 Å². The van der Waals surface area contributed by atoms with E-state index in [0.717, 1.165) is 32.9 Å². The molecule has 2 aromatic carbocycles. The Morgan fingerprint density at radius 1 is 1.24 bits per heavy atom. The number of hydrogen-bond acceptors (Lipinski definition) is 3. The van der Waals surface area contributed by atoms with E-state index in [1.54, 1.807) is 0 Å². The van der Waals surface area contributed by atoms with E-state index in [1.807, 2.05) is 48.2 Å². The fourth-order valence-corrected chi connectivity index (χ4v) is 3.79. The lowest BCUT2D eigenvalue weighted by Crippen LogP contribution is -2.17. The number of hydrogen-bond donors (Lipinski definition) is 1. The molecule has 5 heteroatoms. The van der Waals surface area contributed by atoms with Crippen molar-refractivity contribution in [2.45, 2.75) is 23.5 Å². The molecule has 0 aromatic heterocycles. The SMILES string of the molecule is C[C@@H]1CC(=NNc2ccc(Br)cc2)c2cc(Cl)ccc2S1. The molecule has 1 aliphatic rings. The smallest absolute Gasteiger partial charge is 0.0702 e. The van der Waals surface area contributed by atoms with Crippen molar-refractivity contribution in [1.29, 1.82) is 0 Å². The third-order valence-corrected chi connectivity index (χ3v) is 5.17. The van der Waals surface area contributed by atoms with Crippen LogP contribution in [0.3, 0.4) is 0 Å². The Kier molecular flexibility index (Phi) is 4.57. The molecule has 1 atom stereocenters. The summed E-state index contributed by atoms with van der Waals surface area (Å²) in [6.45, 7) is 2.22. The third-order valence-electron chi connectivity index (χ3n) is 3.23. The average molecular weight is 382 g/mol. The predicted octanol–water partition coefficient (Wildman–Crippen LogP) is 5.80. The summed E-state index contributed by atoms with van der Waals surface area (Å²) in [4.78, 5) is 1.24. The first kappa shape index (κ1) is 14.9. The molecular formula is C16H14BrClN2S. The van der Waals surface area contributed by atoms with Gasteiger partial charge in [0.05, 0.1) is 11.4 Å². The van der Waals surface area contributed by atoms with Crippen molar-refractivity contribution < 1.29 is 0 Å². The van der Waals surface area contributed by atoms with E-state index in [4.69, 9.17) is 11.6 Å². The summed E-state index contributed by atoms with van der Waals surface area (Å²) in [6, 6.07) is 14.0. The molecule has 2 nitrogen and oxygen atoms in total. The minimum atomic E-state index is 0.518. The standard InChI is InChI=1S/C16H14BrClN2S/c1-10-8-15(14-9-12(18)4-7-16(14)21-10)20-19-13-5-2-11(17)3-6-13/h2-7,9-10,19H,8H2,1H3/t10-/m1/s1. The van der Waals surface area contributed by atoms with Crippen LogP contribution in [0.1, 0.15) is 18.9 Å². The van der Waals surface area contributed by atoms with Gasteiger partial charge in [0, 0.05) is 31.6 Å². The second-order valence-electron chi connectivity index (χ2n) is 4.95. The van der Waals surface area contributed by atoms with Crippen molar-refractivity contribution in [3.63, 3.8) is 0 Å². The van der Waals surface area contributed by atoms with E-state index in [-0.39, 0.29) is 0 Å². The van der Waals surface area contributed by atoms with E-state index in [0.29, 0.717) is 5.25 Å². The molecule has 0 spiro atoms. The van der Waals surface area contributed by atoms with Gasteiger partial charge in [-0.15, -0.1) is 11.8 Å². The molecule has 0 aliphatic carbocycles. The van der Waals surface area contributed by atoms with Crippen molar-refractivity contribution >= 4 is 50.7 Å². The Morgan fingerprint density at radius 2 is 2.00 bits per heavy atom. The van der Waals surface area contributed by atoms with Crippen LogP contribution in [0, 0.1) is 0 Å². The first-order valence-corrected chi connectivity index (χ1v) is 8.71. The first-order chi connectivity index (χ1) is 10.1. The molecule has 0 radical (unpaired) electrons. The van der Waals surface area contributed by atoms with Crippen LogP contribution in [-0.4, -0.2) is 11.0 Å². The topological polar surface area (TPSA) is 24.4 Å². The number of fused-ring (bicyclic) bond motifs is 1. The minimum absolute atomic E-state index is 0.518. The molecule has 1 heterocycles. The van der Waals surface area contributed by atoms with E-state index in [1.165, 1.54) is 4.90 Å². The summed E-state index contributed by atoms with van der Waals surface area (Å²) in [5.41, 5.74) is 6.30. The van der Waals surface area contributed by atoms with Gasteiger partial charge in [0.1, 0.15) is 0 Å². The van der Waals surface area contributed by atoms with Crippen LogP contribution in [0.5, 0.6) is 0 Å². The maximum absolute atomic E-state index is 6.12. The van der Waals surface area contributed by atoms with Crippen molar-refractivity contribution in [2.75, 3.05) is 5.43 Å². The number of hydrazone groups is 1. The van der Waals surface area contributed by atoms with Crippen LogP contribution >= 0.6 is 39.3 Å². The van der Waals surface area contributed by atoms with Gasteiger partial charge in [0.2, 0.25) is 0 Å². The largest absolute Gasteiger partial charge is 0.278 e. The van der Waals surface area contributed by atoms with Gasteiger partial charge < -0.3 is 0 Å². The zero-order valence-corrected chi connectivity index (χ0v) is 14.6. The monoisotopic (exact) mass is 380 g/mol. The molecule has 1 aliphatic heterocycles. The normalized spacial score (nSPS) is 19.4. The highest BCUT2D eigenvalue weighted by atomic mass is 79.9. The highest BCUT2D eigenvalue weighted by Gasteiger charge is 2.21. The number of nitrogens with one attached hydrogen (secondary N) is 1. The van der Waals surface area contributed by atoms with Crippen molar-refractivity contribution in [3.05, 3.63) is 57.5 Å². The summed E-state index contributed by atoms with van der Waals surface area (Å²) in [5.74, 6) is 0. The van der Waals surface area contributed by atoms with Crippen LogP contribution in [0.4, 0.5) is 5.69 Å². The quantitative estimate of drug-likeness (QED) is 0.664. The third kappa shape index (κ3) is 3.62. The van der Waals surface area contributed by atoms with Gasteiger partial charge in [-0.3, -0.25) is 5.43 Å². The molecule has 2 aromatic rings. The number of halogens is 2. The molecule has 0 fully saturated rings. The first-order valence-electron chi connectivity index (χ1n) is 6.66. The van der Waals surface area contributed by atoms with Crippen molar-refractivity contribution in [3.8, 4) is 0 Å². The van der Waals surface area contributed by atoms with E-state index >= 15 is 0 Å². The van der Waals surface area contributed by atoms with Gasteiger partial charge in [-0.1, -0.05) is 34.5 Å². The van der Waals surface area contributed by atoms with Gasteiger partial charge in [-0.25, -0.2) is 0 Å². The molecule has 3 rings (SSSR count). The van der Waals surface area contributed by atoms with Gasteiger partial charge >= 0.3 is 0 Å². The number of anilines is 1. The number of benzene rings is 2. The molecule has 108 valence electrons. The number of thioether (sulfide) groups is 1. The summed E-state index contributed by atoms with van der Waals surface area (Å²) in [7, 11) is 0. The van der Waals surface area contributed by atoms with Crippen LogP contribution < -0.4 is 5.43 Å². The van der Waals surface area contributed by atoms with Gasteiger partial charge in [-0.05, 0) is 42.5 Å². The summed E-state index contributed by atoms with van der Waals surface area (Å²) >= 11 is 11.4. The van der Waals surface area contributed by atoms with Crippen molar-refractivity contribution in [2.24, 2.45) is 5.10 Å². The average Bonchev–Trinajstić information content (AvgIpc) is 2.47. The zero-order chi connectivity index (χ0) is 14.8. The molecule has 0 amide bonds. The second kappa shape index (κ2) is 6.42. The highest BCUT2D eigenvalue weighted by Crippen LogP contribution is 2.36. The van der Waals surface area contributed by atoms with Crippen LogP contribution in [0.15, 0.2) is 56.9 Å². The summed E-state index contributed by atoms with van der Waals surface area (Å²) < 4.78 is 1.06. The molecule has 0 unspecified atom stereocenters. The maximum atomic E-state index is 6.12. The summed E-state index contributed by atoms with van der Waals surface area (Å²) in [5, 5.41) is 5.86. The zero-order valence-electron chi connectivity index (χ0n) is 11.4. The molecule has 0 saturated heterocycles. The minimum Gasteiger partial charge on any atom is -0.278 e. The number of rotatable bonds is 2. The highest BCUT2D eigenvalue weighted by molar-refractivity contribution is 9.10. The fraction of sp³-hybridized carbons (Fsp3) is 0.188. The Hall–Kier alpha value is -0.970. The molecule has 0 bridgehead atoms. The van der Waals surface area contributed by atoms with E-state index in [9.17, 15) is 0 Å². The second-order valence-corrected chi connectivity index (χ2v) is 7.78. The van der Waals surface area contributed by atoms with Crippen LogP contribution in [-0.2, 0) is 0 Å². The van der Waals surface area contributed by atoms with Crippen LogP contribution in [0.25, 0.3) is 0 Å².